The van der Waals surface area contributed by atoms with Crippen molar-refractivity contribution in [2.24, 2.45) is 10.4 Å². The molecule has 1 unspecified atom stereocenters. The number of rotatable bonds is 7. The largest absolute Gasteiger partial charge is 0.490 e. The van der Waals surface area contributed by atoms with Gasteiger partial charge < -0.3 is 24.4 Å². The topological polar surface area (TPSA) is 68.2 Å². The normalized spacial score (nSPS) is 21.0. The molecule has 0 bridgehead atoms. The standard InChI is InChI=1S/C24H32N4O3/c1-3-25-23(28-13-11-24(17-28)12-14-29-18-24)27-16-19-9-10-22(26-15-19)31-21-8-6-5-7-20(21)30-4-2/h5-10,15H,3-4,11-14,16-18H2,1-2H3,(H,25,27). The van der Waals surface area contributed by atoms with Crippen molar-refractivity contribution in [2.75, 3.05) is 39.5 Å². The summed E-state index contributed by atoms with van der Waals surface area (Å²) in [6.45, 7) is 9.88. The quantitative estimate of drug-likeness (QED) is 0.538. The van der Waals surface area contributed by atoms with Gasteiger partial charge >= 0.3 is 0 Å². The van der Waals surface area contributed by atoms with E-state index in [0.29, 0.717) is 35.9 Å². The first-order valence-electron chi connectivity index (χ1n) is 11.2. The molecule has 31 heavy (non-hydrogen) atoms. The highest BCUT2D eigenvalue weighted by Crippen LogP contribution is 2.38. The molecule has 7 nitrogen and oxygen atoms in total. The molecule has 2 fully saturated rings. The van der Waals surface area contributed by atoms with Crippen molar-refractivity contribution in [3.8, 4) is 17.4 Å². The minimum atomic E-state index is 0.314. The number of hydrogen-bond acceptors (Lipinski definition) is 5. The minimum absolute atomic E-state index is 0.314. The number of para-hydroxylation sites is 2. The number of ether oxygens (including phenoxy) is 3. The van der Waals surface area contributed by atoms with E-state index in [9.17, 15) is 0 Å². The molecule has 2 aliphatic rings. The van der Waals surface area contributed by atoms with Gasteiger partial charge in [0.2, 0.25) is 5.88 Å². The number of nitrogens with zero attached hydrogens (tertiary/aromatic N) is 3. The Hall–Kier alpha value is -2.80. The van der Waals surface area contributed by atoms with Crippen LogP contribution in [0.5, 0.6) is 17.4 Å². The second-order valence-corrected chi connectivity index (χ2v) is 8.13. The Morgan fingerprint density at radius 2 is 2.06 bits per heavy atom. The smallest absolute Gasteiger partial charge is 0.219 e. The van der Waals surface area contributed by atoms with Crippen LogP contribution < -0.4 is 14.8 Å². The van der Waals surface area contributed by atoms with E-state index in [0.717, 1.165) is 50.8 Å². The summed E-state index contributed by atoms with van der Waals surface area (Å²) in [5.41, 5.74) is 1.35. The first-order chi connectivity index (χ1) is 15.2. The van der Waals surface area contributed by atoms with Crippen LogP contribution in [-0.2, 0) is 11.3 Å². The van der Waals surface area contributed by atoms with Gasteiger partial charge in [-0.1, -0.05) is 18.2 Å². The predicted octanol–water partition coefficient (Wildman–Crippen LogP) is 3.85. The van der Waals surface area contributed by atoms with Gasteiger partial charge in [0.1, 0.15) is 0 Å². The lowest BCUT2D eigenvalue weighted by Crippen LogP contribution is -2.41. The molecule has 166 valence electrons. The third-order valence-corrected chi connectivity index (χ3v) is 5.83. The van der Waals surface area contributed by atoms with E-state index >= 15 is 0 Å². The lowest BCUT2D eigenvalue weighted by molar-refractivity contribution is 0.156. The Morgan fingerprint density at radius 1 is 1.19 bits per heavy atom. The van der Waals surface area contributed by atoms with Crippen LogP contribution in [-0.4, -0.2) is 55.3 Å². The van der Waals surface area contributed by atoms with Gasteiger partial charge in [-0.2, -0.15) is 0 Å². The molecule has 0 radical (unpaired) electrons. The first kappa shape index (κ1) is 21.4. The van der Waals surface area contributed by atoms with E-state index in [-0.39, 0.29) is 0 Å². The van der Waals surface area contributed by atoms with E-state index in [2.05, 4.69) is 22.1 Å². The highest BCUT2D eigenvalue weighted by molar-refractivity contribution is 5.80. The van der Waals surface area contributed by atoms with Gasteiger partial charge in [0.25, 0.3) is 0 Å². The van der Waals surface area contributed by atoms with Crippen molar-refractivity contribution in [3.63, 3.8) is 0 Å². The second kappa shape index (κ2) is 10.0. The molecule has 1 N–H and O–H groups in total. The molecule has 3 heterocycles. The average Bonchev–Trinajstić information content (AvgIpc) is 3.43. The molecule has 2 saturated heterocycles. The number of nitrogens with one attached hydrogen (secondary N) is 1. The van der Waals surface area contributed by atoms with Crippen LogP contribution >= 0.6 is 0 Å². The molecule has 1 spiro atoms. The van der Waals surface area contributed by atoms with Crippen LogP contribution in [0.25, 0.3) is 0 Å². The van der Waals surface area contributed by atoms with E-state index in [1.165, 1.54) is 6.42 Å². The maximum atomic E-state index is 5.91. The van der Waals surface area contributed by atoms with Crippen LogP contribution in [0.2, 0.25) is 0 Å². The molecule has 0 aliphatic carbocycles. The third kappa shape index (κ3) is 5.28. The first-order valence-corrected chi connectivity index (χ1v) is 11.2. The number of hydrogen-bond donors (Lipinski definition) is 1. The Bertz CT molecular complexity index is 879. The summed E-state index contributed by atoms with van der Waals surface area (Å²) in [5.74, 6) is 2.88. The molecule has 1 aromatic carbocycles. The van der Waals surface area contributed by atoms with Crippen molar-refractivity contribution in [2.45, 2.75) is 33.2 Å². The van der Waals surface area contributed by atoms with Gasteiger partial charge in [-0.15, -0.1) is 0 Å². The van der Waals surface area contributed by atoms with Crippen molar-refractivity contribution < 1.29 is 14.2 Å². The molecule has 2 aromatic rings. The zero-order chi connectivity index (χ0) is 21.5. The van der Waals surface area contributed by atoms with Crippen molar-refractivity contribution in [1.82, 2.24) is 15.2 Å². The van der Waals surface area contributed by atoms with Crippen molar-refractivity contribution >= 4 is 5.96 Å². The third-order valence-electron chi connectivity index (χ3n) is 5.83. The Kier molecular flexibility index (Phi) is 6.92. The number of aliphatic imine (C=N–C) groups is 1. The van der Waals surface area contributed by atoms with E-state index < -0.39 is 0 Å². The number of likely N-dealkylation sites (tertiary alicyclic amines) is 1. The highest BCUT2D eigenvalue weighted by Gasteiger charge is 2.42. The Balaban J connectivity index is 1.39. The highest BCUT2D eigenvalue weighted by atomic mass is 16.5. The predicted molar refractivity (Wildman–Crippen MR) is 121 cm³/mol. The summed E-state index contributed by atoms with van der Waals surface area (Å²) in [4.78, 5) is 11.7. The maximum Gasteiger partial charge on any atom is 0.219 e. The average molecular weight is 425 g/mol. The molecule has 0 saturated carbocycles. The summed E-state index contributed by atoms with van der Waals surface area (Å²) in [6.07, 6.45) is 4.15. The van der Waals surface area contributed by atoms with E-state index in [1.807, 2.05) is 49.5 Å². The Labute approximate surface area is 184 Å². The van der Waals surface area contributed by atoms with E-state index in [4.69, 9.17) is 19.2 Å². The summed E-state index contributed by atoms with van der Waals surface area (Å²) >= 11 is 0. The molecule has 2 aliphatic heterocycles. The molecule has 1 atom stereocenters. The van der Waals surface area contributed by atoms with Gasteiger partial charge in [-0.3, -0.25) is 0 Å². The molecule has 4 rings (SSSR count). The zero-order valence-corrected chi connectivity index (χ0v) is 18.5. The summed E-state index contributed by atoms with van der Waals surface area (Å²) in [7, 11) is 0. The maximum absolute atomic E-state index is 5.91. The lowest BCUT2D eigenvalue weighted by Gasteiger charge is -2.25. The Morgan fingerprint density at radius 3 is 2.77 bits per heavy atom. The van der Waals surface area contributed by atoms with Crippen LogP contribution in [0, 0.1) is 5.41 Å². The van der Waals surface area contributed by atoms with Crippen molar-refractivity contribution in [1.29, 1.82) is 0 Å². The van der Waals surface area contributed by atoms with Gasteiger partial charge in [0.15, 0.2) is 17.5 Å². The van der Waals surface area contributed by atoms with Crippen LogP contribution in [0.4, 0.5) is 0 Å². The fourth-order valence-electron chi connectivity index (χ4n) is 4.17. The van der Waals surface area contributed by atoms with E-state index in [1.54, 1.807) is 0 Å². The van der Waals surface area contributed by atoms with Crippen LogP contribution in [0.15, 0.2) is 47.6 Å². The minimum Gasteiger partial charge on any atom is -0.490 e. The fraction of sp³-hybridized carbons (Fsp3) is 0.500. The number of pyridine rings is 1. The van der Waals surface area contributed by atoms with Gasteiger partial charge in [-0.25, -0.2) is 9.98 Å². The molecular formula is C24H32N4O3. The fourth-order valence-corrected chi connectivity index (χ4v) is 4.17. The summed E-state index contributed by atoms with van der Waals surface area (Å²) in [5, 5.41) is 3.44. The molecular weight excluding hydrogens is 392 g/mol. The number of benzene rings is 1. The zero-order valence-electron chi connectivity index (χ0n) is 18.5. The molecule has 7 heteroatoms. The number of aromatic nitrogens is 1. The summed E-state index contributed by atoms with van der Waals surface area (Å²) < 4.78 is 17.2. The SMILES string of the molecule is CCNC(=NCc1ccc(Oc2ccccc2OCC)nc1)N1CCC2(CCOC2)C1. The second-order valence-electron chi connectivity index (χ2n) is 8.13. The van der Waals surface area contributed by atoms with Gasteiger partial charge in [0, 0.05) is 43.9 Å². The number of guanidine groups is 1. The van der Waals surface area contributed by atoms with Crippen molar-refractivity contribution in [3.05, 3.63) is 48.2 Å². The van der Waals surface area contributed by atoms with Gasteiger partial charge in [-0.05, 0) is 44.4 Å². The monoisotopic (exact) mass is 424 g/mol. The van der Waals surface area contributed by atoms with Gasteiger partial charge in [0.05, 0.1) is 19.8 Å². The van der Waals surface area contributed by atoms with Crippen LogP contribution in [0.3, 0.4) is 0 Å². The molecule has 0 amide bonds. The lowest BCUT2D eigenvalue weighted by atomic mass is 9.87. The molecule has 1 aromatic heterocycles. The summed E-state index contributed by atoms with van der Waals surface area (Å²) in [6, 6.07) is 11.5. The van der Waals surface area contributed by atoms with Crippen LogP contribution in [0.1, 0.15) is 32.3 Å².